The zero-order valence-corrected chi connectivity index (χ0v) is 16.6. The Hall–Kier alpha value is -2.74. The Balaban J connectivity index is 1.85. The Bertz CT molecular complexity index is 760. The Morgan fingerprint density at radius 3 is 1.71 bits per heavy atom. The van der Waals surface area contributed by atoms with Crippen molar-refractivity contribution >= 4 is 0 Å². The van der Waals surface area contributed by atoms with Crippen LogP contribution in [0.1, 0.15) is 11.1 Å². The molecule has 0 spiro atoms. The highest BCUT2D eigenvalue weighted by Gasteiger charge is 2.10. The summed E-state index contributed by atoms with van der Waals surface area (Å²) in [5.41, 5.74) is 1.76. The Labute approximate surface area is 165 Å². The molecule has 152 valence electrons. The highest BCUT2D eigenvalue weighted by atomic mass is 17.2. The fourth-order valence-corrected chi connectivity index (χ4v) is 2.42. The molecular formula is C21H26O7. The number of methoxy groups -OCH3 is 4. The fraction of sp³-hybridized carbons (Fsp3) is 0.333. The summed E-state index contributed by atoms with van der Waals surface area (Å²) in [5, 5.41) is 0. The van der Waals surface area contributed by atoms with E-state index in [0.29, 0.717) is 23.0 Å². The van der Waals surface area contributed by atoms with Crippen molar-refractivity contribution in [2.75, 3.05) is 28.4 Å². The first kappa shape index (κ1) is 21.6. The lowest BCUT2D eigenvalue weighted by Crippen LogP contribution is -2.14. The van der Waals surface area contributed by atoms with E-state index in [2.05, 4.69) is 6.58 Å². The standard InChI is InChI=1S/C21H26O7/c1-6-21(26-13-15-7-9-17(22-2)19(11-15)24-4)28-27-14-16-8-10-18(23-3)20(12-16)25-5/h6-12,21H,1,13-14H2,2-5H3. The molecule has 0 aliphatic rings. The van der Waals surface area contributed by atoms with Gasteiger partial charge in [0.2, 0.25) is 6.29 Å². The van der Waals surface area contributed by atoms with Crippen LogP contribution >= 0.6 is 0 Å². The average molecular weight is 390 g/mol. The molecule has 1 atom stereocenters. The van der Waals surface area contributed by atoms with Crippen LogP contribution in [-0.4, -0.2) is 34.7 Å². The van der Waals surface area contributed by atoms with E-state index in [0.717, 1.165) is 11.1 Å². The minimum absolute atomic E-state index is 0.213. The highest BCUT2D eigenvalue weighted by molar-refractivity contribution is 5.43. The molecule has 7 nitrogen and oxygen atoms in total. The molecule has 0 heterocycles. The predicted molar refractivity (Wildman–Crippen MR) is 104 cm³/mol. The van der Waals surface area contributed by atoms with Gasteiger partial charge >= 0.3 is 0 Å². The van der Waals surface area contributed by atoms with Crippen LogP contribution in [0.2, 0.25) is 0 Å². The SMILES string of the molecule is C=CC(OCc1ccc(OC)c(OC)c1)OOCc1ccc(OC)c(OC)c1. The van der Waals surface area contributed by atoms with Gasteiger partial charge in [-0.1, -0.05) is 18.7 Å². The molecule has 1 unspecified atom stereocenters. The van der Waals surface area contributed by atoms with Crippen molar-refractivity contribution < 1.29 is 33.5 Å². The van der Waals surface area contributed by atoms with Gasteiger partial charge in [0.15, 0.2) is 23.0 Å². The molecule has 2 aromatic carbocycles. The normalized spacial score (nSPS) is 11.6. The van der Waals surface area contributed by atoms with E-state index in [1.165, 1.54) is 6.08 Å². The summed E-state index contributed by atoms with van der Waals surface area (Å²) in [7, 11) is 6.34. The van der Waals surface area contributed by atoms with Gasteiger partial charge in [-0.15, -0.1) is 0 Å². The van der Waals surface area contributed by atoms with Crippen LogP contribution in [0.4, 0.5) is 0 Å². The van der Waals surface area contributed by atoms with Gasteiger partial charge in [0.1, 0.15) is 6.61 Å². The molecule has 0 saturated carbocycles. The summed E-state index contributed by atoms with van der Waals surface area (Å²) in [6.07, 6.45) is 0.781. The van der Waals surface area contributed by atoms with Crippen LogP contribution in [0, 0.1) is 0 Å². The van der Waals surface area contributed by atoms with Gasteiger partial charge in [0, 0.05) is 0 Å². The number of rotatable bonds is 12. The molecule has 0 aromatic heterocycles. The molecule has 2 aromatic rings. The number of hydrogen-bond acceptors (Lipinski definition) is 7. The third-order valence-corrected chi connectivity index (χ3v) is 3.89. The molecule has 7 heteroatoms. The zero-order chi connectivity index (χ0) is 20.4. The predicted octanol–water partition coefficient (Wildman–Crippen LogP) is 3.90. The van der Waals surface area contributed by atoms with Crippen LogP contribution in [-0.2, 0) is 27.7 Å². The van der Waals surface area contributed by atoms with Crippen LogP contribution in [0.25, 0.3) is 0 Å². The Morgan fingerprint density at radius 2 is 1.25 bits per heavy atom. The van der Waals surface area contributed by atoms with E-state index in [9.17, 15) is 0 Å². The van der Waals surface area contributed by atoms with E-state index < -0.39 is 6.29 Å². The van der Waals surface area contributed by atoms with Gasteiger partial charge in [-0.25, -0.2) is 4.89 Å². The van der Waals surface area contributed by atoms with Crippen LogP contribution < -0.4 is 18.9 Å². The Kier molecular flexibility index (Phi) is 8.61. The van der Waals surface area contributed by atoms with Crippen molar-refractivity contribution in [1.29, 1.82) is 0 Å². The second-order valence-corrected chi connectivity index (χ2v) is 5.65. The molecule has 2 rings (SSSR count). The summed E-state index contributed by atoms with van der Waals surface area (Å²) >= 11 is 0. The topological polar surface area (TPSA) is 64.6 Å². The van der Waals surface area contributed by atoms with Crippen molar-refractivity contribution in [3.8, 4) is 23.0 Å². The van der Waals surface area contributed by atoms with Crippen LogP contribution in [0.3, 0.4) is 0 Å². The first-order valence-corrected chi connectivity index (χ1v) is 8.59. The fourth-order valence-electron chi connectivity index (χ4n) is 2.42. The molecule has 0 aliphatic carbocycles. The summed E-state index contributed by atoms with van der Waals surface area (Å²) < 4.78 is 26.6. The van der Waals surface area contributed by atoms with Gasteiger partial charge in [-0.2, -0.15) is 4.89 Å². The van der Waals surface area contributed by atoms with Crippen molar-refractivity contribution in [3.05, 3.63) is 60.2 Å². The first-order chi connectivity index (χ1) is 13.6. The second kappa shape index (κ2) is 11.2. The minimum Gasteiger partial charge on any atom is -0.493 e. The lowest BCUT2D eigenvalue weighted by molar-refractivity contribution is -0.373. The summed E-state index contributed by atoms with van der Waals surface area (Å²) in [5.74, 6) is 2.55. The second-order valence-electron chi connectivity index (χ2n) is 5.65. The Morgan fingerprint density at radius 1 is 0.750 bits per heavy atom. The van der Waals surface area contributed by atoms with Gasteiger partial charge in [0.05, 0.1) is 35.0 Å². The highest BCUT2D eigenvalue weighted by Crippen LogP contribution is 2.29. The largest absolute Gasteiger partial charge is 0.493 e. The van der Waals surface area contributed by atoms with Gasteiger partial charge in [-0.3, -0.25) is 0 Å². The van der Waals surface area contributed by atoms with Crippen molar-refractivity contribution in [2.24, 2.45) is 0 Å². The molecule has 28 heavy (non-hydrogen) atoms. The summed E-state index contributed by atoms with van der Waals surface area (Å²) in [4.78, 5) is 10.6. The smallest absolute Gasteiger partial charge is 0.210 e. The van der Waals surface area contributed by atoms with Gasteiger partial charge in [-0.05, 0) is 41.5 Å². The lowest BCUT2D eigenvalue weighted by atomic mass is 10.2. The van der Waals surface area contributed by atoms with Gasteiger partial charge in [0.25, 0.3) is 0 Å². The molecule has 0 amide bonds. The summed E-state index contributed by atoms with van der Waals surface area (Å²) in [6, 6.07) is 11.0. The quantitative estimate of drug-likeness (QED) is 0.236. The molecule has 0 radical (unpaired) electrons. The number of hydrogen-bond donors (Lipinski definition) is 0. The minimum atomic E-state index is -0.728. The molecular weight excluding hydrogens is 364 g/mol. The van der Waals surface area contributed by atoms with Crippen molar-refractivity contribution in [2.45, 2.75) is 19.5 Å². The van der Waals surface area contributed by atoms with Crippen molar-refractivity contribution in [1.82, 2.24) is 0 Å². The van der Waals surface area contributed by atoms with Crippen molar-refractivity contribution in [3.63, 3.8) is 0 Å². The van der Waals surface area contributed by atoms with E-state index in [4.69, 9.17) is 33.5 Å². The third-order valence-electron chi connectivity index (χ3n) is 3.89. The zero-order valence-electron chi connectivity index (χ0n) is 16.6. The molecule has 0 aliphatic heterocycles. The van der Waals surface area contributed by atoms with Crippen LogP contribution in [0.5, 0.6) is 23.0 Å². The molecule has 0 N–H and O–H groups in total. The van der Waals surface area contributed by atoms with E-state index in [-0.39, 0.29) is 13.2 Å². The average Bonchev–Trinajstić information content (AvgIpc) is 2.75. The molecule has 0 bridgehead atoms. The van der Waals surface area contributed by atoms with Crippen LogP contribution in [0.15, 0.2) is 49.1 Å². The molecule has 0 fully saturated rings. The third kappa shape index (κ3) is 5.88. The maximum absolute atomic E-state index is 5.66. The maximum Gasteiger partial charge on any atom is 0.210 e. The van der Waals surface area contributed by atoms with E-state index >= 15 is 0 Å². The summed E-state index contributed by atoms with van der Waals surface area (Å²) in [6.45, 7) is 4.20. The first-order valence-electron chi connectivity index (χ1n) is 8.59. The lowest BCUT2D eigenvalue weighted by Gasteiger charge is -2.15. The monoisotopic (exact) mass is 390 g/mol. The van der Waals surface area contributed by atoms with E-state index in [1.54, 1.807) is 34.5 Å². The van der Waals surface area contributed by atoms with Gasteiger partial charge < -0.3 is 23.7 Å². The number of ether oxygens (including phenoxy) is 5. The maximum atomic E-state index is 5.66. The number of benzene rings is 2. The molecule has 0 saturated heterocycles. The van der Waals surface area contributed by atoms with E-state index in [1.807, 2.05) is 30.3 Å².